The van der Waals surface area contributed by atoms with E-state index < -0.39 is 11.9 Å². The zero-order chi connectivity index (χ0) is 13.7. The first-order valence-corrected chi connectivity index (χ1v) is 6.71. The number of carboxylic acids is 1. The summed E-state index contributed by atoms with van der Waals surface area (Å²) in [6.07, 6.45) is 3.11. The lowest BCUT2D eigenvalue weighted by atomic mass is 10.1. The Morgan fingerprint density at radius 1 is 1.26 bits per heavy atom. The van der Waals surface area contributed by atoms with Crippen LogP contribution in [0.15, 0.2) is 30.3 Å². The van der Waals surface area contributed by atoms with Gasteiger partial charge in [0.15, 0.2) is 0 Å². The number of rotatable bonds is 6. The normalized spacial score (nSPS) is 18.8. The van der Waals surface area contributed by atoms with Gasteiger partial charge in [-0.05, 0) is 24.8 Å². The standard InChI is InChI=1S/C15H19NO3/c17-14-10-13(15(18)19)11-16(14)9-5-4-8-12-6-2-1-3-7-12/h1-3,6-7,13H,4-5,8-11H2,(H,18,19)/t13-/m0/s1. The molecule has 2 rings (SSSR count). The van der Waals surface area contributed by atoms with Gasteiger partial charge < -0.3 is 10.0 Å². The summed E-state index contributed by atoms with van der Waals surface area (Å²) in [5.41, 5.74) is 1.30. The van der Waals surface area contributed by atoms with Crippen LogP contribution in [-0.4, -0.2) is 35.0 Å². The maximum Gasteiger partial charge on any atom is 0.308 e. The Hall–Kier alpha value is -1.84. The number of hydrogen-bond acceptors (Lipinski definition) is 2. The summed E-state index contributed by atoms with van der Waals surface area (Å²) in [4.78, 5) is 24.1. The van der Waals surface area contributed by atoms with Crippen LogP contribution in [0.5, 0.6) is 0 Å². The highest BCUT2D eigenvalue weighted by atomic mass is 16.4. The third-order valence-corrected chi connectivity index (χ3v) is 3.55. The van der Waals surface area contributed by atoms with Crippen LogP contribution in [0.1, 0.15) is 24.8 Å². The molecule has 1 N–H and O–H groups in total. The van der Waals surface area contributed by atoms with Crippen molar-refractivity contribution >= 4 is 11.9 Å². The molecule has 0 aliphatic carbocycles. The second-order valence-electron chi connectivity index (χ2n) is 5.02. The summed E-state index contributed by atoms with van der Waals surface area (Å²) in [5, 5.41) is 8.89. The molecular formula is C15H19NO3. The van der Waals surface area contributed by atoms with Crippen LogP contribution in [0.4, 0.5) is 0 Å². The van der Waals surface area contributed by atoms with Crippen LogP contribution >= 0.6 is 0 Å². The van der Waals surface area contributed by atoms with Gasteiger partial charge in [0.05, 0.1) is 5.92 Å². The zero-order valence-corrected chi connectivity index (χ0v) is 10.9. The maximum atomic E-state index is 11.6. The first-order chi connectivity index (χ1) is 9.16. The number of hydrogen-bond donors (Lipinski definition) is 1. The molecule has 1 fully saturated rings. The van der Waals surface area contributed by atoms with E-state index in [1.807, 2.05) is 18.2 Å². The van der Waals surface area contributed by atoms with E-state index in [0.29, 0.717) is 13.1 Å². The van der Waals surface area contributed by atoms with E-state index in [9.17, 15) is 9.59 Å². The van der Waals surface area contributed by atoms with Crippen molar-refractivity contribution in [1.82, 2.24) is 4.90 Å². The van der Waals surface area contributed by atoms with Crippen molar-refractivity contribution in [2.75, 3.05) is 13.1 Å². The van der Waals surface area contributed by atoms with E-state index in [0.717, 1.165) is 19.3 Å². The van der Waals surface area contributed by atoms with Crippen LogP contribution < -0.4 is 0 Å². The summed E-state index contributed by atoms with van der Waals surface area (Å²) >= 11 is 0. The minimum absolute atomic E-state index is 0.0212. The SMILES string of the molecule is O=C(O)[C@H]1CC(=O)N(CCCCc2ccccc2)C1. The van der Waals surface area contributed by atoms with Gasteiger partial charge in [0.2, 0.25) is 5.91 Å². The van der Waals surface area contributed by atoms with Gasteiger partial charge in [0.25, 0.3) is 0 Å². The smallest absolute Gasteiger partial charge is 0.308 e. The zero-order valence-electron chi connectivity index (χ0n) is 10.9. The minimum atomic E-state index is -0.861. The quantitative estimate of drug-likeness (QED) is 0.796. The Bertz CT molecular complexity index is 444. The minimum Gasteiger partial charge on any atom is -0.481 e. The van der Waals surface area contributed by atoms with Crippen LogP contribution in [0.3, 0.4) is 0 Å². The predicted octanol–water partition coefficient (Wildman–Crippen LogP) is 1.94. The second kappa shape index (κ2) is 6.36. The average Bonchev–Trinajstić information content (AvgIpc) is 2.78. The van der Waals surface area contributed by atoms with Gasteiger partial charge in [-0.2, -0.15) is 0 Å². The molecule has 102 valence electrons. The van der Waals surface area contributed by atoms with Crippen LogP contribution in [0.25, 0.3) is 0 Å². The molecular weight excluding hydrogens is 242 g/mol. The van der Waals surface area contributed by atoms with Crippen molar-refractivity contribution in [2.45, 2.75) is 25.7 Å². The fourth-order valence-electron chi connectivity index (χ4n) is 2.43. The van der Waals surface area contributed by atoms with Gasteiger partial charge in [-0.25, -0.2) is 0 Å². The third-order valence-electron chi connectivity index (χ3n) is 3.55. The summed E-state index contributed by atoms with van der Waals surface area (Å²) in [5.74, 6) is -1.39. The third kappa shape index (κ3) is 3.81. The molecule has 1 saturated heterocycles. The molecule has 1 aromatic rings. The number of aliphatic carboxylic acids is 1. The molecule has 1 atom stereocenters. The van der Waals surface area contributed by atoms with Gasteiger partial charge in [-0.3, -0.25) is 9.59 Å². The van der Waals surface area contributed by atoms with Crippen molar-refractivity contribution in [3.8, 4) is 0 Å². The summed E-state index contributed by atoms with van der Waals surface area (Å²) in [6.45, 7) is 1.05. The number of nitrogens with zero attached hydrogens (tertiary/aromatic N) is 1. The van der Waals surface area contributed by atoms with E-state index in [1.165, 1.54) is 5.56 Å². The molecule has 19 heavy (non-hydrogen) atoms. The maximum absolute atomic E-state index is 11.6. The van der Waals surface area contributed by atoms with Gasteiger partial charge in [0.1, 0.15) is 0 Å². The van der Waals surface area contributed by atoms with E-state index in [2.05, 4.69) is 12.1 Å². The van der Waals surface area contributed by atoms with Gasteiger partial charge in [0, 0.05) is 19.5 Å². The fourth-order valence-corrected chi connectivity index (χ4v) is 2.43. The van der Waals surface area contributed by atoms with E-state index in [4.69, 9.17) is 5.11 Å². The molecule has 1 aromatic carbocycles. The molecule has 4 nitrogen and oxygen atoms in total. The number of carboxylic acid groups (broad SMARTS) is 1. The van der Waals surface area contributed by atoms with Gasteiger partial charge in [-0.1, -0.05) is 30.3 Å². The molecule has 1 amide bonds. The number of unbranched alkanes of at least 4 members (excludes halogenated alkanes) is 1. The molecule has 1 aliphatic rings. The number of carbonyl (C=O) groups is 2. The number of amides is 1. The highest BCUT2D eigenvalue weighted by Gasteiger charge is 2.33. The summed E-state index contributed by atoms with van der Waals surface area (Å²) in [6, 6.07) is 10.2. The highest BCUT2D eigenvalue weighted by Crippen LogP contribution is 2.18. The van der Waals surface area contributed by atoms with E-state index in [1.54, 1.807) is 4.90 Å². The topological polar surface area (TPSA) is 57.6 Å². The lowest BCUT2D eigenvalue weighted by Gasteiger charge is -2.15. The first-order valence-electron chi connectivity index (χ1n) is 6.71. The Kier molecular flexibility index (Phi) is 4.55. The number of benzene rings is 1. The lowest BCUT2D eigenvalue weighted by Crippen LogP contribution is -2.27. The van der Waals surface area contributed by atoms with E-state index in [-0.39, 0.29) is 12.3 Å². The second-order valence-corrected chi connectivity index (χ2v) is 5.02. The summed E-state index contributed by atoms with van der Waals surface area (Å²) < 4.78 is 0. The molecule has 1 heterocycles. The molecule has 0 bridgehead atoms. The first kappa shape index (κ1) is 13.6. The molecule has 0 aromatic heterocycles. The van der Waals surface area contributed by atoms with Crippen molar-refractivity contribution < 1.29 is 14.7 Å². The van der Waals surface area contributed by atoms with Gasteiger partial charge in [-0.15, -0.1) is 0 Å². The molecule has 1 aliphatic heterocycles. The Balaban J connectivity index is 1.69. The molecule has 0 spiro atoms. The molecule has 0 unspecified atom stereocenters. The molecule has 0 saturated carbocycles. The Labute approximate surface area is 113 Å². The monoisotopic (exact) mass is 261 g/mol. The van der Waals surface area contributed by atoms with Crippen molar-refractivity contribution in [2.24, 2.45) is 5.92 Å². The van der Waals surface area contributed by atoms with Crippen LogP contribution in [0, 0.1) is 5.92 Å². The Morgan fingerprint density at radius 3 is 2.63 bits per heavy atom. The Morgan fingerprint density at radius 2 is 2.00 bits per heavy atom. The molecule has 4 heteroatoms. The van der Waals surface area contributed by atoms with E-state index >= 15 is 0 Å². The van der Waals surface area contributed by atoms with Crippen LogP contribution in [-0.2, 0) is 16.0 Å². The predicted molar refractivity (Wildman–Crippen MR) is 71.7 cm³/mol. The fraction of sp³-hybridized carbons (Fsp3) is 0.467. The highest BCUT2D eigenvalue weighted by molar-refractivity contribution is 5.86. The lowest BCUT2D eigenvalue weighted by molar-refractivity contribution is -0.141. The largest absolute Gasteiger partial charge is 0.481 e. The van der Waals surface area contributed by atoms with Crippen molar-refractivity contribution in [1.29, 1.82) is 0 Å². The van der Waals surface area contributed by atoms with Crippen molar-refractivity contribution in [3.63, 3.8) is 0 Å². The molecule has 0 radical (unpaired) electrons. The summed E-state index contributed by atoms with van der Waals surface area (Å²) in [7, 11) is 0. The number of likely N-dealkylation sites (tertiary alicyclic amines) is 1. The number of aryl methyl sites for hydroxylation is 1. The average molecular weight is 261 g/mol. The van der Waals surface area contributed by atoms with Crippen LogP contribution in [0.2, 0.25) is 0 Å². The van der Waals surface area contributed by atoms with Gasteiger partial charge >= 0.3 is 5.97 Å². The van der Waals surface area contributed by atoms with Crippen molar-refractivity contribution in [3.05, 3.63) is 35.9 Å². The number of carbonyl (C=O) groups excluding carboxylic acids is 1.